The highest BCUT2D eigenvalue weighted by atomic mass is 16.5. The second kappa shape index (κ2) is 6.64. The SMILES string of the molecule is COc1ccccc1Oc1ccccc1CNC(C)(C)C. The number of nitrogens with one attached hydrogen (secondary N) is 1. The molecule has 0 atom stereocenters. The molecule has 0 saturated heterocycles. The molecule has 0 amide bonds. The third-order valence-electron chi connectivity index (χ3n) is 3.07. The van der Waals surface area contributed by atoms with Gasteiger partial charge in [-0.05, 0) is 39.0 Å². The fraction of sp³-hybridized carbons (Fsp3) is 0.333. The maximum Gasteiger partial charge on any atom is 0.169 e. The molecule has 21 heavy (non-hydrogen) atoms. The molecular formula is C18H23NO2. The van der Waals surface area contributed by atoms with Gasteiger partial charge in [-0.25, -0.2) is 0 Å². The highest BCUT2D eigenvalue weighted by Gasteiger charge is 2.12. The van der Waals surface area contributed by atoms with Crippen molar-refractivity contribution in [1.82, 2.24) is 5.32 Å². The van der Waals surface area contributed by atoms with Crippen molar-refractivity contribution < 1.29 is 9.47 Å². The Morgan fingerprint density at radius 2 is 1.43 bits per heavy atom. The summed E-state index contributed by atoms with van der Waals surface area (Å²) in [5.74, 6) is 2.30. The van der Waals surface area contributed by atoms with Crippen LogP contribution in [0.15, 0.2) is 48.5 Å². The Bertz CT molecular complexity index is 588. The van der Waals surface area contributed by atoms with Crippen LogP contribution in [0, 0.1) is 0 Å². The summed E-state index contributed by atoms with van der Waals surface area (Å²) >= 11 is 0. The summed E-state index contributed by atoms with van der Waals surface area (Å²) in [6.45, 7) is 7.21. The third-order valence-corrected chi connectivity index (χ3v) is 3.07. The van der Waals surface area contributed by atoms with Crippen molar-refractivity contribution >= 4 is 0 Å². The minimum Gasteiger partial charge on any atom is -0.493 e. The van der Waals surface area contributed by atoms with Crippen LogP contribution in [0.1, 0.15) is 26.3 Å². The molecule has 0 unspecified atom stereocenters. The number of rotatable bonds is 5. The van der Waals surface area contributed by atoms with Crippen LogP contribution in [-0.4, -0.2) is 12.6 Å². The molecule has 0 bridgehead atoms. The van der Waals surface area contributed by atoms with Gasteiger partial charge in [-0.15, -0.1) is 0 Å². The first-order valence-corrected chi connectivity index (χ1v) is 7.13. The summed E-state index contributed by atoms with van der Waals surface area (Å²) in [6, 6.07) is 15.7. The Labute approximate surface area is 126 Å². The molecule has 0 aliphatic heterocycles. The van der Waals surface area contributed by atoms with Crippen LogP contribution >= 0.6 is 0 Å². The fourth-order valence-electron chi connectivity index (χ4n) is 1.93. The number of para-hydroxylation sites is 3. The van der Waals surface area contributed by atoms with Gasteiger partial charge in [0, 0.05) is 17.6 Å². The topological polar surface area (TPSA) is 30.5 Å². The van der Waals surface area contributed by atoms with Crippen molar-refractivity contribution in [2.45, 2.75) is 32.9 Å². The molecule has 2 aromatic rings. The zero-order valence-electron chi connectivity index (χ0n) is 13.1. The molecule has 0 aliphatic rings. The minimum atomic E-state index is 0.0670. The van der Waals surface area contributed by atoms with Crippen molar-refractivity contribution in [2.24, 2.45) is 0 Å². The Balaban J connectivity index is 2.20. The Morgan fingerprint density at radius 3 is 2.05 bits per heavy atom. The number of hydrogen-bond acceptors (Lipinski definition) is 3. The number of methoxy groups -OCH3 is 1. The first kappa shape index (κ1) is 15.4. The average molecular weight is 285 g/mol. The summed E-state index contributed by atoms with van der Waals surface area (Å²) in [5, 5.41) is 3.48. The van der Waals surface area contributed by atoms with E-state index < -0.39 is 0 Å². The number of ether oxygens (including phenoxy) is 2. The average Bonchev–Trinajstić information content (AvgIpc) is 2.46. The highest BCUT2D eigenvalue weighted by molar-refractivity contribution is 5.44. The van der Waals surface area contributed by atoms with E-state index in [4.69, 9.17) is 9.47 Å². The van der Waals surface area contributed by atoms with E-state index in [1.54, 1.807) is 7.11 Å². The largest absolute Gasteiger partial charge is 0.493 e. The second-order valence-corrected chi connectivity index (χ2v) is 5.96. The molecule has 3 heteroatoms. The first-order valence-electron chi connectivity index (χ1n) is 7.13. The molecule has 0 saturated carbocycles. The summed E-state index contributed by atoms with van der Waals surface area (Å²) in [5.41, 5.74) is 1.19. The molecule has 0 fully saturated rings. The molecule has 1 N–H and O–H groups in total. The Kier molecular flexibility index (Phi) is 4.86. The first-order chi connectivity index (χ1) is 9.99. The van der Waals surface area contributed by atoms with E-state index in [2.05, 4.69) is 32.2 Å². The molecule has 0 radical (unpaired) electrons. The van der Waals surface area contributed by atoms with Gasteiger partial charge >= 0.3 is 0 Å². The third kappa shape index (κ3) is 4.50. The van der Waals surface area contributed by atoms with E-state index in [1.165, 1.54) is 0 Å². The van der Waals surface area contributed by atoms with E-state index in [9.17, 15) is 0 Å². The van der Waals surface area contributed by atoms with Gasteiger partial charge in [-0.3, -0.25) is 0 Å². The Morgan fingerprint density at radius 1 is 0.857 bits per heavy atom. The standard InChI is InChI=1S/C18H23NO2/c1-18(2,3)19-13-14-9-5-6-10-15(14)21-17-12-8-7-11-16(17)20-4/h5-12,19H,13H2,1-4H3. The number of benzene rings is 2. The van der Waals surface area contributed by atoms with Crippen LogP contribution in [0.3, 0.4) is 0 Å². The van der Waals surface area contributed by atoms with Crippen LogP contribution in [0.5, 0.6) is 17.2 Å². The van der Waals surface area contributed by atoms with Crippen molar-refractivity contribution in [3.8, 4) is 17.2 Å². The molecule has 0 aromatic heterocycles. The van der Waals surface area contributed by atoms with Crippen LogP contribution in [0.2, 0.25) is 0 Å². The van der Waals surface area contributed by atoms with Crippen LogP contribution in [0.4, 0.5) is 0 Å². The predicted octanol–water partition coefficient (Wildman–Crippen LogP) is 4.38. The molecule has 0 heterocycles. The van der Waals surface area contributed by atoms with Crippen molar-refractivity contribution in [1.29, 1.82) is 0 Å². The Hall–Kier alpha value is -2.00. The van der Waals surface area contributed by atoms with Crippen LogP contribution < -0.4 is 14.8 Å². The summed E-state index contributed by atoms with van der Waals surface area (Å²) in [6.07, 6.45) is 0. The minimum absolute atomic E-state index is 0.0670. The highest BCUT2D eigenvalue weighted by Crippen LogP contribution is 2.32. The van der Waals surface area contributed by atoms with Gasteiger partial charge in [0.2, 0.25) is 0 Å². The molecule has 2 rings (SSSR count). The lowest BCUT2D eigenvalue weighted by Crippen LogP contribution is -2.35. The maximum absolute atomic E-state index is 6.03. The smallest absolute Gasteiger partial charge is 0.169 e. The molecule has 3 nitrogen and oxygen atoms in total. The van der Waals surface area contributed by atoms with Crippen molar-refractivity contribution in [3.63, 3.8) is 0 Å². The zero-order chi connectivity index (χ0) is 15.3. The molecule has 0 aliphatic carbocycles. The zero-order valence-corrected chi connectivity index (χ0v) is 13.1. The monoisotopic (exact) mass is 285 g/mol. The van der Waals surface area contributed by atoms with Crippen molar-refractivity contribution in [3.05, 3.63) is 54.1 Å². The molecule has 0 spiro atoms. The van der Waals surface area contributed by atoms with Gasteiger partial charge in [0.05, 0.1) is 7.11 Å². The quantitative estimate of drug-likeness (QED) is 0.884. The van der Waals surface area contributed by atoms with E-state index in [0.717, 1.165) is 29.4 Å². The molecular weight excluding hydrogens is 262 g/mol. The van der Waals surface area contributed by atoms with Crippen molar-refractivity contribution in [2.75, 3.05) is 7.11 Å². The van der Waals surface area contributed by atoms with Gasteiger partial charge in [0.25, 0.3) is 0 Å². The predicted molar refractivity (Wildman–Crippen MR) is 86.1 cm³/mol. The van der Waals surface area contributed by atoms with Gasteiger partial charge in [0.15, 0.2) is 11.5 Å². The van der Waals surface area contributed by atoms with E-state index >= 15 is 0 Å². The van der Waals surface area contributed by atoms with Gasteiger partial charge in [-0.1, -0.05) is 30.3 Å². The summed E-state index contributed by atoms with van der Waals surface area (Å²) < 4.78 is 11.4. The van der Waals surface area contributed by atoms with Gasteiger partial charge in [-0.2, -0.15) is 0 Å². The van der Waals surface area contributed by atoms with Gasteiger partial charge in [0.1, 0.15) is 5.75 Å². The number of hydrogen-bond donors (Lipinski definition) is 1. The summed E-state index contributed by atoms with van der Waals surface area (Å²) in [4.78, 5) is 0. The molecule has 112 valence electrons. The lowest BCUT2D eigenvalue weighted by Gasteiger charge is -2.21. The fourth-order valence-corrected chi connectivity index (χ4v) is 1.93. The maximum atomic E-state index is 6.03. The lowest BCUT2D eigenvalue weighted by atomic mass is 10.1. The van der Waals surface area contributed by atoms with Crippen LogP contribution in [0.25, 0.3) is 0 Å². The second-order valence-electron chi connectivity index (χ2n) is 5.96. The normalized spacial score (nSPS) is 11.2. The summed E-state index contributed by atoms with van der Waals surface area (Å²) in [7, 11) is 1.65. The lowest BCUT2D eigenvalue weighted by molar-refractivity contribution is 0.374. The van der Waals surface area contributed by atoms with E-state index in [0.29, 0.717) is 0 Å². The molecule has 2 aromatic carbocycles. The van der Waals surface area contributed by atoms with E-state index in [-0.39, 0.29) is 5.54 Å². The van der Waals surface area contributed by atoms with Crippen LogP contribution in [-0.2, 0) is 6.54 Å². The van der Waals surface area contributed by atoms with Gasteiger partial charge < -0.3 is 14.8 Å². The van der Waals surface area contributed by atoms with E-state index in [1.807, 2.05) is 42.5 Å².